The number of hydrazone groups is 1. The first-order chi connectivity index (χ1) is 11.4. The number of carbonyl (C=O) groups is 1. The van der Waals surface area contributed by atoms with Crippen LogP contribution in [0.1, 0.15) is 18.2 Å². The molecule has 2 aromatic rings. The molecule has 0 atom stereocenters. The third kappa shape index (κ3) is 5.08. The number of anilines is 1. The average Bonchev–Trinajstić information content (AvgIpc) is 2.58. The van der Waals surface area contributed by atoms with Gasteiger partial charge in [-0.25, -0.2) is 5.43 Å². The van der Waals surface area contributed by atoms with Crippen molar-refractivity contribution in [3.63, 3.8) is 0 Å². The van der Waals surface area contributed by atoms with E-state index >= 15 is 0 Å². The summed E-state index contributed by atoms with van der Waals surface area (Å²) in [6, 6.07) is 9.91. The third-order valence-electron chi connectivity index (χ3n) is 3.03. The van der Waals surface area contributed by atoms with Crippen LogP contribution in [-0.2, 0) is 11.0 Å². The zero-order chi connectivity index (χ0) is 17.6. The van der Waals surface area contributed by atoms with E-state index in [0.717, 1.165) is 12.1 Å². The smallest absolute Gasteiger partial charge is 0.376 e. The van der Waals surface area contributed by atoms with E-state index in [1.54, 1.807) is 31.3 Å². The summed E-state index contributed by atoms with van der Waals surface area (Å²) in [5.41, 5.74) is 2.87. The van der Waals surface area contributed by atoms with Crippen molar-refractivity contribution in [3.05, 3.63) is 59.9 Å². The number of amides is 1. The molecule has 1 aromatic heterocycles. The van der Waals surface area contributed by atoms with E-state index in [2.05, 4.69) is 20.8 Å². The monoisotopic (exact) mass is 336 g/mol. The molecule has 1 amide bonds. The van der Waals surface area contributed by atoms with Crippen LogP contribution in [0.15, 0.2) is 53.8 Å². The Morgan fingerprint density at radius 1 is 1.21 bits per heavy atom. The molecule has 8 heteroatoms. The molecule has 126 valence electrons. The molecule has 1 heterocycles. The first kappa shape index (κ1) is 17.5. The second kappa shape index (κ2) is 7.58. The third-order valence-corrected chi connectivity index (χ3v) is 3.03. The highest BCUT2D eigenvalue weighted by Gasteiger charge is 2.30. The summed E-state index contributed by atoms with van der Waals surface area (Å²) >= 11 is 0. The molecule has 0 aliphatic heterocycles. The summed E-state index contributed by atoms with van der Waals surface area (Å²) in [4.78, 5) is 15.8. The molecule has 1 aromatic carbocycles. The Hall–Kier alpha value is -2.90. The molecule has 5 nitrogen and oxygen atoms in total. The number of carbonyl (C=O) groups excluding carboxylic acids is 1. The van der Waals surface area contributed by atoms with Gasteiger partial charge in [-0.05, 0) is 37.3 Å². The van der Waals surface area contributed by atoms with Crippen LogP contribution in [0.2, 0.25) is 0 Å². The Morgan fingerprint density at radius 3 is 2.67 bits per heavy atom. The standard InChI is InChI=1S/C16H15F3N4O/c1-11(14-7-2-3-8-20-14)22-23-15(24)10-21-13-6-4-5-12(9-13)16(17,18)19/h2-9,21H,10H2,1H3,(H,23,24)/b22-11+. The van der Waals surface area contributed by atoms with Gasteiger partial charge in [0, 0.05) is 11.9 Å². The van der Waals surface area contributed by atoms with Gasteiger partial charge in [-0.15, -0.1) is 0 Å². The number of hydrogen-bond acceptors (Lipinski definition) is 4. The molecule has 0 aliphatic rings. The summed E-state index contributed by atoms with van der Waals surface area (Å²) in [6.45, 7) is 1.48. The number of hydrogen-bond donors (Lipinski definition) is 2. The minimum atomic E-state index is -4.43. The molecule has 0 fully saturated rings. The quantitative estimate of drug-likeness (QED) is 0.651. The number of nitrogens with zero attached hydrogens (tertiary/aromatic N) is 2. The number of nitrogens with one attached hydrogen (secondary N) is 2. The van der Waals surface area contributed by atoms with Gasteiger partial charge in [0.15, 0.2) is 0 Å². The Bertz CT molecular complexity index is 730. The predicted molar refractivity (Wildman–Crippen MR) is 84.5 cm³/mol. The van der Waals surface area contributed by atoms with E-state index in [4.69, 9.17) is 0 Å². The van der Waals surface area contributed by atoms with E-state index in [9.17, 15) is 18.0 Å². The second-order valence-corrected chi connectivity index (χ2v) is 4.88. The van der Waals surface area contributed by atoms with E-state index in [1.807, 2.05) is 0 Å². The maximum absolute atomic E-state index is 12.6. The Morgan fingerprint density at radius 2 is 2.00 bits per heavy atom. The van der Waals surface area contributed by atoms with E-state index < -0.39 is 17.6 Å². The van der Waals surface area contributed by atoms with Crippen LogP contribution in [-0.4, -0.2) is 23.1 Å². The maximum atomic E-state index is 12.6. The number of rotatable bonds is 5. The number of pyridine rings is 1. The van der Waals surface area contributed by atoms with Gasteiger partial charge in [-0.1, -0.05) is 12.1 Å². The van der Waals surface area contributed by atoms with Crippen LogP contribution in [0.3, 0.4) is 0 Å². The Labute approximate surface area is 136 Å². The molecule has 0 bridgehead atoms. The summed E-state index contributed by atoms with van der Waals surface area (Å²) in [5, 5.41) is 6.52. The summed E-state index contributed by atoms with van der Waals surface area (Å²) < 4.78 is 37.8. The Balaban J connectivity index is 1.90. The zero-order valence-corrected chi connectivity index (χ0v) is 12.8. The lowest BCUT2D eigenvalue weighted by molar-refractivity contribution is -0.137. The van der Waals surface area contributed by atoms with Gasteiger partial charge in [-0.2, -0.15) is 18.3 Å². The minimum Gasteiger partial charge on any atom is -0.376 e. The van der Waals surface area contributed by atoms with Crippen molar-refractivity contribution in [1.29, 1.82) is 0 Å². The van der Waals surface area contributed by atoms with E-state index in [-0.39, 0.29) is 12.2 Å². The van der Waals surface area contributed by atoms with Gasteiger partial charge in [0.1, 0.15) is 0 Å². The topological polar surface area (TPSA) is 66.4 Å². The minimum absolute atomic E-state index is 0.199. The highest BCUT2D eigenvalue weighted by atomic mass is 19.4. The number of halogens is 3. The van der Waals surface area contributed by atoms with Gasteiger partial charge in [-0.3, -0.25) is 9.78 Å². The van der Waals surface area contributed by atoms with Crippen molar-refractivity contribution in [3.8, 4) is 0 Å². The fourth-order valence-electron chi connectivity index (χ4n) is 1.81. The molecule has 0 saturated heterocycles. The largest absolute Gasteiger partial charge is 0.416 e. The SMILES string of the molecule is C/C(=N\NC(=O)CNc1cccc(C(F)(F)F)c1)c1ccccn1. The number of aromatic nitrogens is 1. The van der Waals surface area contributed by atoms with Crippen LogP contribution in [0.4, 0.5) is 18.9 Å². The first-order valence-corrected chi connectivity index (χ1v) is 7.02. The molecule has 0 unspecified atom stereocenters. The van der Waals surface area contributed by atoms with Crippen LogP contribution < -0.4 is 10.7 Å². The highest BCUT2D eigenvalue weighted by molar-refractivity contribution is 5.97. The van der Waals surface area contributed by atoms with E-state index in [1.165, 1.54) is 12.1 Å². The van der Waals surface area contributed by atoms with Crippen molar-refractivity contribution >= 4 is 17.3 Å². The number of benzene rings is 1. The molecular formula is C16H15F3N4O. The molecule has 2 rings (SSSR count). The molecule has 0 aliphatic carbocycles. The molecule has 0 saturated carbocycles. The van der Waals surface area contributed by atoms with Gasteiger partial charge < -0.3 is 5.32 Å². The predicted octanol–water partition coefficient (Wildman–Crippen LogP) is 3.05. The van der Waals surface area contributed by atoms with Gasteiger partial charge in [0.05, 0.1) is 23.5 Å². The summed E-state index contributed by atoms with van der Waals surface area (Å²) in [7, 11) is 0. The van der Waals surface area contributed by atoms with Crippen LogP contribution in [0, 0.1) is 0 Å². The van der Waals surface area contributed by atoms with Gasteiger partial charge in [0.2, 0.25) is 0 Å². The fraction of sp³-hybridized carbons (Fsp3) is 0.188. The molecule has 24 heavy (non-hydrogen) atoms. The van der Waals surface area contributed by atoms with Crippen molar-refractivity contribution in [2.75, 3.05) is 11.9 Å². The van der Waals surface area contributed by atoms with Gasteiger partial charge in [0.25, 0.3) is 5.91 Å². The van der Waals surface area contributed by atoms with Crippen LogP contribution >= 0.6 is 0 Å². The second-order valence-electron chi connectivity index (χ2n) is 4.88. The number of alkyl halides is 3. The average molecular weight is 336 g/mol. The lowest BCUT2D eigenvalue weighted by atomic mass is 10.2. The Kier molecular flexibility index (Phi) is 5.51. The fourth-order valence-corrected chi connectivity index (χ4v) is 1.81. The van der Waals surface area contributed by atoms with Crippen molar-refractivity contribution < 1.29 is 18.0 Å². The first-order valence-electron chi connectivity index (χ1n) is 7.02. The normalized spacial score (nSPS) is 11.9. The lowest BCUT2D eigenvalue weighted by Gasteiger charge is -2.10. The summed E-state index contributed by atoms with van der Waals surface area (Å²) in [6.07, 6.45) is -2.82. The lowest BCUT2D eigenvalue weighted by Crippen LogP contribution is -2.27. The van der Waals surface area contributed by atoms with Crippen molar-refractivity contribution in [2.24, 2.45) is 5.10 Å². The summed E-state index contributed by atoms with van der Waals surface area (Å²) in [5.74, 6) is -0.484. The highest BCUT2D eigenvalue weighted by Crippen LogP contribution is 2.30. The molecule has 0 spiro atoms. The van der Waals surface area contributed by atoms with Gasteiger partial charge >= 0.3 is 6.18 Å². The molecule has 0 radical (unpaired) electrons. The maximum Gasteiger partial charge on any atom is 0.416 e. The van der Waals surface area contributed by atoms with Crippen LogP contribution in [0.25, 0.3) is 0 Å². The molecular weight excluding hydrogens is 321 g/mol. The van der Waals surface area contributed by atoms with Crippen LogP contribution in [0.5, 0.6) is 0 Å². The zero-order valence-electron chi connectivity index (χ0n) is 12.8. The van der Waals surface area contributed by atoms with Crippen molar-refractivity contribution in [1.82, 2.24) is 10.4 Å². The van der Waals surface area contributed by atoms with Crippen molar-refractivity contribution in [2.45, 2.75) is 13.1 Å². The molecule has 2 N–H and O–H groups in total. The van der Waals surface area contributed by atoms with E-state index in [0.29, 0.717) is 11.4 Å².